The maximum Gasteiger partial charge on any atom is 0.124 e. The molecule has 3 heteroatoms. The molecule has 2 N–H and O–H groups in total. The van der Waals surface area contributed by atoms with Crippen LogP contribution < -0.4 is 15.4 Å². The highest BCUT2D eigenvalue weighted by atomic mass is 16.5. The Hall–Kier alpha value is -2.16. The number of nitrogens with two attached hydrogens (primary N) is 1. The predicted molar refractivity (Wildman–Crippen MR) is 87.8 cm³/mol. The van der Waals surface area contributed by atoms with Crippen LogP contribution in [0.15, 0.2) is 42.5 Å². The van der Waals surface area contributed by atoms with Crippen molar-refractivity contribution >= 4 is 11.4 Å². The molecule has 2 aromatic carbocycles. The number of nitrogen functional groups attached to an aromatic ring is 1. The molecular formula is C18H22N2O. The lowest BCUT2D eigenvalue weighted by Gasteiger charge is -2.26. The first-order chi connectivity index (χ1) is 10.2. The average Bonchev–Trinajstić information content (AvgIpc) is 2.78. The minimum Gasteiger partial charge on any atom is -0.494 e. The first-order valence-corrected chi connectivity index (χ1v) is 7.54. The zero-order valence-electron chi connectivity index (χ0n) is 12.7. The van der Waals surface area contributed by atoms with E-state index in [1.165, 1.54) is 11.3 Å². The monoisotopic (exact) mass is 282 g/mol. The third-order valence-corrected chi connectivity index (χ3v) is 4.07. The largest absolute Gasteiger partial charge is 0.494 e. The van der Waals surface area contributed by atoms with Gasteiger partial charge in [0.05, 0.1) is 6.61 Å². The Labute approximate surface area is 126 Å². The third-order valence-electron chi connectivity index (χ3n) is 4.07. The van der Waals surface area contributed by atoms with Crippen molar-refractivity contribution in [3.63, 3.8) is 0 Å². The second-order valence-corrected chi connectivity index (χ2v) is 5.61. The van der Waals surface area contributed by atoms with Gasteiger partial charge in [-0.3, -0.25) is 0 Å². The highest BCUT2D eigenvalue weighted by Gasteiger charge is 2.26. The van der Waals surface area contributed by atoms with Crippen LogP contribution in [0.25, 0.3) is 0 Å². The zero-order chi connectivity index (χ0) is 14.8. The Bertz CT molecular complexity index is 639. The molecule has 3 rings (SSSR count). The molecule has 0 saturated carbocycles. The van der Waals surface area contributed by atoms with E-state index in [2.05, 4.69) is 36.1 Å². The van der Waals surface area contributed by atoms with E-state index in [9.17, 15) is 0 Å². The SMILES string of the molecule is CCOc1ccc(N)cc1CN1c2ccccc2CC1C. The number of fused-ring (bicyclic) bond motifs is 1. The quantitative estimate of drug-likeness (QED) is 0.870. The third kappa shape index (κ3) is 2.68. The molecule has 0 bridgehead atoms. The minimum atomic E-state index is 0.498. The van der Waals surface area contributed by atoms with Crippen LogP contribution in [-0.4, -0.2) is 12.6 Å². The summed E-state index contributed by atoms with van der Waals surface area (Å²) < 4.78 is 5.74. The number of hydrogen-bond acceptors (Lipinski definition) is 3. The Balaban J connectivity index is 1.92. The van der Waals surface area contributed by atoms with Gasteiger partial charge in [0.25, 0.3) is 0 Å². The summed E-state index contributed by atoms with van der Waals surface area (Å²) in [7, 11) is 0. The van der Waals surface area contributed by atoms with Crippen molar-refractivity contribution < 1.29 is 4.74 Å². The van der Waals surface area contributed by atoms with Gasteiger partial charge >= 0.3 is 0 Å². The van der Waals surface area contributed by atoms with Gasteiger partial charge in [-0.25, -0.2) is 0 Å². The standard InChI is InChI=1S/C18H22N2O/c1-3-21-18-9-8-16(19)11-15(18)12-20-13(2)10-14-6-4-5-7-17(14)20/h4-9,11,13H,3,10,12,19H2,1-2H3. The maximum atomic E-state index is 5.95. The van der Waals surface area contributed by atoms with Gasteiger partial charge in [0.1, 0.15) is 5.75 Å². The fourth-order valence-electron chi connectivity index (χ4n) is 3.07. The summed E-state index contributed by atoms with van der Waals surface area (Å²) in [5.41, 5.74) is 10.6. The van der Waals surface area contributed by atoms with Crippen molar-refractivity contribution in [3.05, 3.63) is 53.6 Å². The van der Waals surface area contributed by atoms with E-state index in [0.717, 1.165) is 30.0 Å². The number of rotatable bonds is 4. The number of anilines is 2. The molecule has 0 aromatic heterocycles. The molecule has 1 aliphatic rings. The van der Waals surface area contributed by atoms with Crippen molar-refractivity contribution in [1.82, 2.24) is 0 Å². The molecule has 1 heterocycles. The molecule has 0 fully saturated rings. The molecule has 110 valence electrons. The molecule has 2 aromatic rings. The Morgan fingerprint density at radius 1 is 1.24 bits per heavy atom. The molecule has 1 atom stereocenters. The van der Waals surface area contributed by atoms with Crippen molar-refractivity contribution in [2.75, 3.05) is 17.2 Å². The van der Waals surface area contributed by atoms with E-state index in [1.807, 2.05) is 25.1 Å². The van der Waals surface area contributed by atoms with Crippen molar-refractivity contribution in [1.29, 1.82) is 0 Å². The van der Waals surface area contributed by atoms with Crippen LogP contribution in [0.3, 0.4) is 0 Å². The number of para-hydroxylation sites is 1. The lowest BCUT2D eigenvalue weighted by molar-refractivity contribution is 0.336. The zero-order valence-corrected chi connectivity index (χ0v) is 12.7. The van der Waals surface area contributed by atoms with E-state index in [1.54, 1.807) is 0 Å². The van der Waals surface area contributed by atoms with Crippen molar-refractivity contribution in [2.45, 2.75) is 32.9 Å². The van der Waals surface area contributed by atoms with Gasteiger partial charge in [-0.05, 0) is 50.1 Å². The molecule has 21 heavy (non-hydrogen) atoms. The van der Waals surface area contributed by atoms with E-state index in [0.29, 0.717) is 12.6 Å². The van der Waals surface area contributed by atoms with Crippen molar-refractivity contribution in [3.8, 4) is 5.75 Å². The molecule has 0 saturated heterocycles. The van der Waals surface area contributed by atoms with E-state index >= 15 is 0 Å². The second-order valence-electron chi connectivity index (χ2n) is 5.61. The van der Waals surface area contributed by atoms with Gasteiger partial charge in [0, 0.05) is 29.5 Å². The van der Waals surface area contributed by atoms with Gasteiger partial charge in [0.2, 0.25) is 0 Å². The maximum absolute atomic E-state index is 5.95. The molecule has 1 unspecified atom stereocenters. The molecule has 0 aliphatic carbocycles. The number of ether oxygens (including phenoxy) is 1. The van der Waals surface area contributed by atoms with Gasteiger partial charge in [-0.2, -0.15) is 0 Å². The number of benzene rings is 2. The van der Waals surface area contributed by atoms with Crippen LogP contribution >= 0.6 is 0 Å². The van der Waals surface area contributed by atoms with E-state index in [4.69, 9.17) is 10.5 Å². The van der Waals surface area contributed by atoms with Crippen LogP contribution in [-0.2, 0) is 13.0 Å². The summed E-state index contributed by atoms with van der Waals surface area (Å²) in [6.45, 7) is 5.78. The first kappa shape index (κ1) is 13.8. The molecule has 0 amide bonds. The highest BCUT2D eigenvalue weighted by molar-refractivity contribution is 5.60. The summed E-state index contributed by atoms with van der Waals surface area (Å²) in [4.78, 5) is 2.44. The summed E-state index contributed by atoms with van der Waals surface area (Å²) in [6.07, 6.45) is 1.10. The Morgan fingerprint density at radius 2 is 2.05 bits per heavy atom. The lowest BCUT2D eigenvalue weighted by Crippen LogP contribution is -2.28. The van der Waals surface area contributed by atoms with E-state index in [-0.39, 0.29) is 0 Å². The average molecular weight is 282 g/mol. The highest BCUT2D eigenvalue weighted by Crippen LogP contribution is 2.34. The molecule has 3 nitrogen and oxygen atoms in total. The van der Waals surface area contributed by atoms with E-state index < -0.39 is 0 Å². The van der Waals surface area contributed by atoms with Gasteiger partial charge < -0.3 is 15.4 Å². The summed E-state index contributed by atoms with van der Waals surface area (Å²) >= 11 is 0. The van der Waals surface area contributed by atoms with Crippen LogP contribution in [0.1, 0.15) is 25.0 Å². The summed E-state index contributed by atoms with van der Waals surface area (Å²) in [6, 6.07) is 15.0. The van der Waals surface area contributed by atoms with Gasteiger partial charge in [-0.15, -0.1) is 0 Å². The van der Waals surface area contributed by atoms with Crippen LogP contribution in [0, 0.1) is 0 Å². The lowest BCUT2D eigenvalue weighted by atomic mass is 10.1. The van der Waals surface area contributed by atoms with Crippen LogP contribution in [0.5, 0.6) is 5.75 Å². The van der Waals surface area contributed by atoms with Crippen LogP contribution in [0.4, 0.5) is 11.4 Å². The fourth-order valence-corrected chi connectivity index (χ4v) is 3.07. The number of hydrogen-bond donors (Lipinski definition) is 1. The fraction of sp³-hybridized carbons (Fsp3) is 0.333. The summed E-state index contributed by atoms with van der Waals surface area (Å²) in [5, 5.41) is 0. The topological polar surface area (TPSA) is 38.5 Å². The minimum absolute atomic E-state index is 0.498. The molecule has 1 aliphatic heterocycles. The predicted octanol–water partition coefficient (Wildman–Crippen LogP) is 3.62. The van der Waals surface area contributed by atoms with Gasteiger partial charge in [0.15, 0.2) is 0 Å². The van der Waals surface area contributed by atoms with Crippen molar-refractivity contribution in [2.24, 2.45) is 0 Å². The molecular weight excluding hydrogens is 260 g/mol. The Kier molecular flexibility index (Phi) is 3.74. The van der Waals surface area contributed by atoms with Crippen LogP contribution in [0.2, 0.25) is 0 Å². The number of nitrogens with zero attached hydrogens (tertiary/aromatic N) is 1. The van der Waals surface area contributed by atoms with Gasteiger partial charge in [-0.1, -0.05) is 18.2 Å². The summed E-state index contributed by atoms with van der Waals surface area (Å²) in [5.74, 6) is 0.934. The first-order valence-electron chi connectivity index (χ1n) is 7.54. The Morgan fingerprint density at radius 3 is 2.86 bits per heavy atom. The second kappa shape index (κ2) is 5.68. The molecule has 0 spiro atoms. The smallest absolute Gasteiger partial charge is 0.124 e. The molecule has 0 radical (unpaired) electrons. The normalized spacial score (nSPS) is 16.9.